The van der Waals surface area contributed by atoms with E-state index in [9.17, 15) is 9.18 Å². The van der Waals surface area contributed by atoms with Gasteiger partial charge in [-0.15, -0.1) is 0 Å². The van der Waals surface area contributed by atoms with Gasteiger partial charge >= 0.3 is 0 Å². The van der Waals surface area contributed by atoms with E-state index < -0.39 is 0 Å². The predicted octanol–water partition coefficient (Wildman–Crippen LogP) is 3.31. The van der Waals surface area contributed by atoms with Crippen LogP contribution in [0.15, 0.2) is 48.8 Å². The minimum absolute atomic E-state index is 0.0931. The fourth-order valence-electron chi connectivity index (χ4n) is 3.32. The maximum absolute atomic E-state index is 13.6. The molecule has 4 rings (SSSR count). The minimum atomic E-state index is -0.310. The summed E-state index contributed by atoms with van der Waals surface area (Å²) in [4.78, 5) is 25.0. The number of hydrogen-bond acceptors (Lipinski definition) is 4. The van der Waals surface area contributed by atoms with Crippen LogP contribution in [0.1, 0.15) is 5.56 Å². The number of piperazine rings is 1. The lowest BCUT2D eigenvalue weighted by Crippen LogP contribution is -2.49. The molecule has 5 nitrogen and oxygen atoms in total. The number of fused-ring (bicyclic) bond motifs is 1. The molecule has 0 unspecified atom stereocenters. The predicted molar refractivity (Wildman–Crippen MR) is 103 cm³/mol. The van der Waals surface area contributed by atoms with Crippen molar-refractivity contribution < 1.29 is 9.18 Å². The molecule has 7 heteroatoms. The topological polar surface area (TPSA) is 49.3 Å². The molecule has 1 aromatic heterocycles. The average Bonchev–Trinajstić information content (AvgIpc) is 2.69. The van der Waals surface area contributed by atoms with Crippen LogP contribution in [0.4, 0.5) is 10.2 Å². The highest BCUT2D eigenvalue weighted by molar-refractivity contribution is 6.30. The Morgan fingerprint density at radius 2 is 1.78 bits per heavy atom. The van der Waals surface area contributed by atoms with E-state index in [4.69, 9.17) is 11.6 Å². The van der Waals surface area contributed by atoms with Crippen LogP contribution in [0.2, 0.25) is 5.02 Å². The first-order chi connectivity index (χ1) is 13.1. The Morgan fingerprint density at radius 3 is 2.52 bits per heavy atom. The van der Waals surface area contributed by atoms with Crippen LogP contribution < -0.4 is 4.90 Å². The van der Waals surface area contributed by atoms with Crippen LogP contribution >= 0.6 is 11.6 Å². The van der Waals surface area contributed by atoms with Gasteiger partial charge in [0.2, 0.25) is 5.91 Å². The van der Waals surface area contributed by atoms with Crippen LogP contribution in [0.25, 0.3) is 10.9 Å². The lowest BCUT2D eigenvalue weighted by molar-refractivity contribution is -0.130. The quantitative estimate of drug-likeness (QED) is 0.695. The molecule has 0 N–H and O–H groups in total. The van der Waals surface area contributed by atoms with E-state index in [0.717, 1.165) is 5.56 Å². The summed E-state index contributed by atoms with van der Waals surface area (Å²) < 4.78 is 13.6. The SMILES string of the molecule is O=C(Cc1ccc(Cl)cc1)N1CCN(c2ncnc3ccc(F)cc23)CC1. The van der Waals surface area contributed by atoms with Gasteiger partial charge in [0, 0.05) is 36.6 Å². The van der Waals surface area contributed by atoms with Crippen molar-refractivity contribution in [2.45, 2.75) is 6.42 Å². The fourth-order valence-corrected chi connectivity index (χ4v) is 3.45. The van der Waals surface area contributed by atoms with Crippen LogP contribution in [-0.2, 0) is 11.2 Å². The lowest BCUT2D eigenvalue weighted by Gasteiger charge is -2.35. The molecule has 3 aromatic rings. The van der Waals surface area contributed by atoms with E-state index in [1.165, 1.54) is 18.5 Å². The van der Waals surface area contributed by atoms with E-state index in [2.05, 4.69) is 14.9 Å². The molecule has 2 heterocycles. The van der Waals surface area contributed by atoms with E-state index in [1.807, 2.05) is 17.0 Å². The van der Waals surface area contributed by atoms with Gasteiger partial charge in [-0.25, -0.2) is 14.4 Å². The first-order valence-electron chi connectivity index (χ1n) is 8.77. The zero-order valence-electron chi connectivity index (χ0n) is 14.6. The number of nitrogens with zero attached hydrogens (tertiary/aromatic N) is 4. The Kier molecular flexibility index (Phi) is 4.90. The van der Waals surface area contributed by atoms with Gasteiger partial charge in [0.25, 0.3) is 0 Å². The van der Waals surface area contributed by atoms with Crippen molar-refractivity contribution in [2.75, 3.05) is 31.1 Å². The maximum atomic E-state index is 13.6. The highest BCUT2D eigenvalue weighted by Gasteiger charge is 2.23. The minimum Gasteiger partial charge on any atom is -0.352 e. The summed E-state index contributed by atoms with van der Waals surface area (Å²) in [6, 6.07) is 11.8. The molecular weight excluding hydrogens is 367 g/mol. The summed E-state index contributed by atoms with van der Waals surface area (Å²) in [5.41, 5.74) is 1.66. The standard InChI is InChI=1S/C20H18ClFN4O/c21-15-3-1-14(2-4-15)11-19(27)25-7-9-26(10-8-25)20-17-12-16(22)5-6-18(17)23-13-24-20/h1-6,12-13H,7-11H2. The molecule has 1 aliphatic heterocycles. The number of benzene rings is 2. The van der Waals surface area contributed by atoms with Crippen molar-refractivity contribution in [3.63, 3.8) is 0 Å². The Balaban J connectivity index is 1.44. The molecule has 138 valence electrons. The van der Waals surface area contributed by atoms with E-state index in [-0.39, 0.29) is 11.7 Å². The molecule has 0 radical (unpaired) electrons. The normalized spacial score (nSPS) is 14.6. The lowest BCUT2D eigenvalue weighted by atomic mass is 10.1. The molecule has 0 aliphatic carbocycles. The van der Waals surface area contributed by atoms with Crippen molar-refractivity contribution in [2.24, 2.45) is 0 Å². The van der Waals surface area contributed by atoms with Gasteiger partial charge < -0.3 is 9.80 Å². The molecule has 1 fully saturated rings. The molecule has 1 aliphatic rings. The number of carbonyl (C=O) groups is 1. The molecule has 0 atom stereocenters. The van der Waals surface area contributed by atoms with Gasteiger partial charge in [-0.1, -0.05) is 23.7 Å². The van der Waals surface area contributed by atoms with Gasteiger partial charge in [-0.2, -0.15) is 0 Å². The third-order valence-corrected chi connectivity index (χ3v) is 5.03. The second-order valence-corrected chi connectivity index (χ2v) is 6.97. The molecular formula is C20H18ClFN4O. The van der Waals surface area contributed by atoms with Crippen molar-refractivity contribution >= 4 is 34.2 Å². The van der Waals surface area contributed by atoms with Crippen molar-refractivity contribution in [3.8, 4) is 0 Å². The number of halogens is 2. The summed E-state index contributed by atoms with van der Waals surface area (Å²) in [6.07, 6.45) is 1.85. The average molecular weight is 385 g/mol. The monoisotopic (exact) mass is 384 g/mol. The smallest absolute Gasteiger partial charge is 0.227 e. The van der Waals surface area contributed by atoms with Gasteiger partial charge in [0.15, 0.2) is 0 Å². The zero-order chi connectivity index (χ0) is 18.8. The second kappa shape index (κ2) is 7.48. The number of anilines is 1. The van der Waals surface area contributed by atoms with Crippen LogP contribution in [0.5, 0.6) is 0 Å². The highest BCUT2D eigenvalue weighted by Crippen LogP contribution is 2.24. The third-order valence-electron chi connectivity index (χ3n) is 4.78. The number of aromatic nitrogens is 2. The molecule has 0 spiro atoms. The molecule has 27 heavy (non-hydrogen) atoms. The Hall–Kier alpha value is -2.73. The Morgan fingerprint density at radius 1 is 1.04 bits per heavy atom. The van der Waals surface area contributed by atoms with Crippen LogP contribution in [0, 0.1) is 5.82 Å². The zero-order valence-corrected chi connectivity index (χ0v) is 15.4. The van der Waals surface area contributed by atoms with E-state index >= 15 is 0 Å². The second-order valence-electron chi connectivity index (χ2n) is 6.53. The summed E-state index contributed by atoms with van der Waals surface area (Å²) in [7, 11) is 0. The highest BCUT2D eigenvalue weighted by atomic mass is 35.5. The Bertz CT molecular complexity index is 971. The summed E-state index contributed by atoms with van der Waals surface area (Å²) in [5.74, 6) is 0.496. The number of carbonyl (C=O) groups excluding carboxylic acids is 1. The van der Waals surface area contributed by atoms with Gasteiger partial charge in [-0.05, 0) is 35.9 Å². The molecule has 0 saturated carbocycles. The molecule has 1 amide bonds. The molecule has 0 bridgehead atoms. The van der Waals surface area contributed by atoms with Crippen molar-refractivity contribution in [1.82, 2.24) is 14.9 Å². The van der Waals surface area contributed by atoms with Gasteiger partial charge in [0.05, 0.1) is 11.9 Å². The van der Waals surface area contributed by atoms with Crippen LogP contribution in [0.3, 0.4) is 0 Å². The number of hydrogen-bond donors (Lipinski definition) is 0. The Labute approximate surface area is 161 Å². The van der Waals surface area contributed by atoms with Crippen molar-refractivity contribution in [1.29, 1.82) is 0 Å². The van der Waals surface area contributed by atoms with E-state index in [1.54, 1.807) is 18.2 Å². The number of rotatable bonds is 3. The summed E-state index contributed by atoms with van der Waals surface area (Å²) >= 11 is 5.89. The number of amides is 1. The summed E-state index contributed by atoms with van der Waals surface area (Å²) in [6.45, 7) is 2.50. The maximum Gasteiger partial charge on any atom is 0.227 e. The fraction of sp³-hybridized carbons (Fsp3) is 0.250. The van der Waals surface area contributed by atoms with Crippen LogP contribution in [-0.4, -0.2) is 47.0 Å². The third kappa shape index (κ3) is 3.85. The molecule has 2 aromatic carbocycles. The van der Waals surface area contributed by atoms with E-state index in [0.29, 0.717) is 54.3 Å². The summed E-state index contributed by atoms with van der Waals surface area (Å²) in [5, 5.41) is 1.35. The molecule has 1 saturated heterocycles. The van der Waals surface area contributed by atoms with Crippen molar-refractivity contribution in [3.05, 3.63) is 65.2 Å². The van der Waals surface area contributed by atoms with Gasteiger partial charge in [-0.3, -0.25) is 4.79 Å². The first kappa shape index (κ1) is 17.7. The largest absolute Gasteiger partial charge is 0.352 e. The first-order valence-corrected chi connectivity index (χ1v) is 9.15. The van der Waals surface area contributed by atoms with Gasteiger partial charge in [0.1, 0.15) is 18.0 Å².